The van der Waals surface area contributed by atoms with Crippen LogP contribution in [-0.2, 0) is 0 Å². The third kappa shape index (κ3) is 4.45. The van der Waals surface area contributed by atoms with Gasteiger partial charge < -0.3 is 13.7 Å². The molecular weight excluding hydrogens is 671 g/mol. The van der Waals surface area contributed by atoms with E-state index in [9.17, 15) is 5.26 Å². The molecule has 0 N–H and O–H groups in total. The SMILES string of the molecule is [C-]#[N+]c1ccc(-n2c3ccccc3c3cc(-n4c5ccccc5c5ccccc54)ccc32)cc1-c1cccc(-n2c3ccccc3c3cccc(C#N)c32)c1. The maximum Gasteiger partial charge on any atom is 0.195 e. The predicted octanol–water partition coefficient (Wildman–Crippen LogP) is 13.1. The van der Waals surface area contributed by atoms with E-state index in [0.717, 1.165) is 71.8 Å². The first kappa shape index (κ1) is 30.7. The lowest BCUT2D eigenvalue weighted by molar-refractivity contribution is 1.16. The normalized spacial score (nSPS) is 11.6. The van der Waals surface area contributed by atoms with Gasteiger partial charge in [-0.1, -0.05) is 103 Å². The highest BCUT2D eigenvalue weighted by Crippen LogP contribution is 2.41. The summed E-state index contributed by atoms with van der Waals surface area (Å²) in [7, 11) is 0. The second-order valence-corrected chi connectivity index (χ2v) is 14.0. The molecule has 11 aromatic rings. The van der Waals surface area contributed by atoms with Gasteiger partial charge in [0.15, 0.2) is 5.69 Å². The zero-order chi connectivity index (χ0) is 36.6. The monoisotopic (exact) mass is 699 g/mol. The highest BCUT2D eigenvalue weighted by atomic mass is 15.0. The Bertz CT molecular complexity index is 3420. The Kier molecular flexibility index (Phi) is 6.61. The molecule has 0 spiro atoms. The van der Waals surface area contributed by atoms with E-state index in [1.165, 1.54) is 21.8 Å². The third-order valence-electron chi connectivity index (χ3n) is 11.1. The van der Waals surface area contributed by atoms with Crippen LogP contribution >= 0.6 is 0 Å². The second kappa shape index (κ2) is 11.8. The van der Waals surface area contributed by atoms with Crippen molar-refractivity contribution in [2.45, 2.75) is 0 Å². The molecule has 5 nitrogen and oxygen atoms in total. The molecule has 0 bridgehead atoms. The smallest absolute Gasteiger partial charge is 0.195 e. The van der Waals surface area contributed by atoms with Crippen LogP contribution in [0.15, 0.2) is 176 Å². The molecule has 0 saturated carbocycles. The number of nitrogens with zero attached hydrogens (tertiary/aromatic N) is 5. The van der Waals surface area contributed by atoms with Gasteiger partial charge >= 0.3 is 0 Å². The highest BCUT2D eigenvalue weighted by molar-refractivity contribution is 6.13. The van der Waals surface area contributed by atoms with Gasteiger partial charge in [0.25, 0.3) is 0 Å². The average Bonchev–Trinajstić information content (AvgIpc) is 3.89. The summed E-state index contributed by atoms with van der Waals surface area (Å²) in [5, 5.41) is 17.1. The number of para-hydroxylation sites is 5. The van der Waals surface area contributed by atoms with Gasteiger partial charge in [-0.05, 0) is 83.9 Å². The van der Waals surface area contributed by atoms with Crippen molar-refractivity contribution in [1.82, 2.24) is 13.7 Å². The Morgan fingerprint density at radius 3 is 1.55 bits per heavy atom. The number of rotatable bonds is 4. The van der Waals surface area contributed by atoms with E-state index >= 15 is 0 Å². The van der Waals surface area contributed by atoms with Crippen LogP contribution in [0.3, 0.4) is 0 Å². The maximum atomic E-state index is 10.2. The molecule has 0 saturated heterocycles. The first-order valence-corrected chi connectivity index (χ1v) is 18.3. The lowest BCUT2D eigenvalue weighted by atomic mass is 10.0. The van der Waals surface area contributed by atoms with Gasteiger partial charge in [0.05, 0.1) is 45.2 Å². The lowest BCUT2D eigenvalue weighted by Crippen LogP contribution is -1.97. The minimum atomic E-state index is 0.579. The molecule has 55 heavy (non-hydrogen) atoms. The van der Waals surface area contributed by atoms with Crippen molar-refractivity contribution in [2.75, 3.05) is 0 Å². The van der Waals surface area contributed by atoms with Crippen molar-refractivity contribution < 1.29 is 0 Å². The standard InChI is InChI=1S/C50H29N5/c1-52-44-26-24-35(29-42(44)32-12-10-14-34(28-32)55-48-23-9-4-17-39(48)41-19-11-13-33(31-51)50(41)55)54-47-22-8-5-18-40(47)43-30-36(25-27-49(43)54)53-45-20-6-2-15-37(45)38-16-3-7-21-46(38)53/h2-30H. The van der Waals surface area contributed by atoms with Crippen LogP contribution < -0.4 is 0 Å². The minimum absolute atomic E-state index is 0.579. The maximum absolute atomic E-state index is 10.2. The topological polar surface area (TPSA) is 42.9 Å². The molecule has 3 heterocycles. The van der Waals surface area contributed by atoms with Crippen LogP contribution in [0.2, 0.25) is 0 Å². The van der Waals surface area contributed by atoms with Gasteiger partial charge in [-0.15, -0.1) is 0 Å². The summed E-state index contributed by atoms with van der Waals surface area (Å²) in [5.41, 5.74) is 12.5. The van der Waals surface area contributed by atoms with Gasteiger partial charge in [-0.2, -0.15) is 5.26 Å². The highest BCUT2D eigenvalue weighted by Gasteiger charge is 2.19. The molecule has 0 aliphatic rings. The fourth-order valence-electron chi connectivity index (χ4n) is 8.76. The fraction of sp³-hybridized carbons (Fsp3) is 0. The average molecular weight is 700 g/mol. The van der Waals surface area contributed by atoms with E-state index in [4.69, 9.17) is 6.57 Å². The number of benzene rings is 8. The molecular formula is C50H29N5. The summed E-state index contributed by atoms with van der Waals surface area (Å²) in [5.74, 6) is 0. The van der Waals surface area contributed by atoms with E-state index in [1.807, 2.05) is 36.4 Å². The number of fused-ring (bicyclic) bond motifs is 9. The van der Waals surface area contributed by atoms with Gasteiger partial charge in [0.2, 0.25) is 0 Å². The Labute approximate surface area is 316 Å². The van der Waals surface area contributed by atoms with Crippen LogP contribution in [0, 0.1) is 17.9 Å². The quantitative estimate of drug-likeness (QED) is 0.169. The van der Waals surface area contributed by atoms with Crippen LogP contribution in [0.5, 0.6) is 0 Å². The van der Waals surface area contributed by atoms with Gasteiger partial charge in [-0.3, -0.25) is 0 Å². The molecule has 254 valence electrons. The number of aromatic nitrogens is 3. The van der Waals surface area contributed by atoms with E-state index in [2.05, 4.69) is 164 Å². The molecule has 0 radical (unpaired) electrons. The van der Waals surface area contributed by atoms with Crippen molar-refractivity contribution in [3.05, 3.63) is 193 Å². The molecule has 3 aromatic heterocycles. The Morgan fingerprint density at radius 1 is 0.418 bits per heavy atom. The molecule has 0 fully saturated rings. The Balaban J connectivity index is 1.11. The molecule has 0 atom stereocenters. The summed E-state index contributed by atoms with van der Waals surface area (Å²) in [6.07, 6.45) is 0. The van der Waals surface area contributed by atoms with Crippen molar-refractivity contribution >= 4 is 71.1 Å². The Morgan fingerprint density at radius 2 is 0.909 bits per heavy atom. The third-order valence-corrected chi connectivity index (χ3v) is 11.1. The fourth-order valence-corrected chi connectivity index (χ4v) is 8.76. The van der Waals surface area contributed by atoms with Crippen molar-refractivity contribution in [3.8, 4) is 34.3 Å². The van der Waals surface area contributed by atoms with Crippen LogP contribution in [0.1, 0.15) is 5.56 Å². The number of hydrogen-bond acceptors (Lipinski definition) is 1. The zero-order valence-electron chi connectivity index (χ0n) is 29.5. The number of hydrogen-bond donors (Lipinski definition) is 0. The lowest BCUT2D eigenvalue weighted by Gasteiger charge is -2.14. The van der Waals surface area contributed by atoms with Crippen LogP contribution in [0.25, 0.3) is 98.5 Å². The number of nitriles is 1. The predicted molar refractivity (Wildman–Crippen MR) is 226 cm³/mol. The van der Waals surface area contributed by atoms with Crippen molar-refractivity contribution in [3.63, 3.8) is 0 Å². The van der Waals surface area contributed by atoms with E-state index in [1.54, 1.807) is 0 Å². The molecule has 0 aliphatic heterocycles. The Hall–Kier alpha value is -7.86. The molecule has 5 heteroatoms. The summed E-state index contributed by atoms with van der Waals surface area (Å²) in [4.78, 5) is 3.99. The van der Waals surface area contributed by atoms with Crippen LogP contribution in [-0.4, -0.2) is 13.7 Å². The molecule has 11 rings (SSSR count). The summed E-state index contributed by atoms with van der Waals surface area (Å²) >= 11 is 0. The molecule has 0 aliphatic carbocycles. The van der Waals surface area contributed by atoms with Crippen molar-refractivity contribution in [1.29, 1.82) is 5.26 Å². The van der Waals surface area contributed by atoms with E-state index in [0.29, 0.717) is 11.3 Å². The minimum Gasteiger partial charge on any atom is -0.309 e. The molecule has 0 unspecified atom stereocenters. The van der Waals surface area contributed by atoms with E-state index < -0.39 is 0 Å². The summed E-state index contributed by atoms with van der Waals surface area (Å²) < 4.78 is 6.85. The van der Waals surface area contributed by atoms with Gasteiger partial charge in [-0.25, -0.2) is 4.85 Å². The first-order valence-electron chi connectivity index (χ1n) is 18.3. The van der Waals surface area contributed by atoms with E-state index in [-0.39, 0.29) is 0 Å². The van der Waals surface area contributed by atoms with Gasteiger partial charge in [0.1, 0.15) is 6.07 Å². The summed E-state index contributed by atoms with van der Waals surface area (Å²) in [6.45, 7) is 8.18. The van der Waals surface area contributed by atoms with Crippen LogP contribution in [0.4, 0.5) is 5.69 Å². The molecule has 8 aromatic carbocycles. The molecule has 0 amide bonds. The van der Waals surface area contributed by atoms with Crippen molar-refractivity contribution in [2.24, 2.45) is 0 Å². The second-order valence-electron chi connectivity index (χ2n) is 14.0. The largest absolute Gasteiger partial charge is 0.309 e. The van der Waals surface area contributed by atoms with Gasteiger partial charge in [0, 0.05) is 49.4 Å². The zero-order valence-corrected chi connectivity index (χ0v) is 29.5. The first-order chi connectivity index (χ1) is 27.2. The summed E-state index contributed by atoms with van der Waals surface area (Å²) in [6, 6.07) is 63.6.